The van der Waals surface area contributed by atoms with Crippen LogP contribution in [0.1, 0.15) is 23.1 Å². The number of phenols is 1. The van der Waals surface area contributed by atoms with E-state index in [1.165, 1.54) is 4.90 Å². The minimum atomic E-state index is -0.236. The third-order valence-corrected chi connectivity index (χ3v) is 3.75. The van der Waals surface area contributed by atoms with Gasteiger partial charge in [0.05, 0.1) is 19.7 Å². The summed E-state index contributed by atoms with van der Waals surface area (Å²) in [5.74, 6) is 0.204. The van der Waals surface area contributed by atoms with E-state index in [1.807, 2.05) is 20.2 Å². The molecule has 4 nitrogen and oxygen atoms in total. The van der Waals surface area contributed by atoms with Crippen molar-refractivity contribution in [2.45, 2.75) is 25.8 Å². The van der Waals surface area contributed by atoms with Crippen LogP contribution in [0.3, 0.4) is 0 Å². The van der Waals surface area contributed by atoms with E-state index in [0.717, 1.165) is 41.3 Å². The molecule has 0 spiro atoms. The van der Waals surface area contributed by atoms with E-state index >= 15 is 0 Å². The van der Waals surface area contributed by atoms with Gasteiger partial charge in [0.15, 0.2) is 5.58 Å². The van der Waals surface area contributed by atoms with Gasteiger partial charge in [0.1, 0.15) is 12.3 Å². The Morgan fingerprint density at radius 2 is 2.00 bits per heavy atom. The lowest BCUT2D eigenvalue weighted by atomic mass is 10.0. The second-order valence-corrected chi connectivity index (χ2v) is 5.52. The Morgan fingerprint density at radius 3 is 2.74 bits per heavy atom. The summed E-state index contributed by atoms with van der Waals surface area (Å²) in [4.78, 5) is 13.2. The molecule has 4 heteroatoms. The first-order valence-corrected chi connectivity index (χ1v) is 6.66. The number of benzene rings is 1. The number of nitrogens with one attached hydrogen (secondary N) is 1. The fourth-order valence-corrected chi connectivity index (χ4v) is 2.92. The maximum atomic E-state index is 12.0. The predicted octanol–water partition coefficient (Wildman–Crippen LogP) is 0.632. The number of fused-ring (bicyclic) bond motifs is 3. The van der Waals surface area contributed by atoms with Crippen LogP contribution in [0.15, 0.2) is 21.3 Å². The van der Waals surface area contributed by atoms with Crippen molar-refractivity contribution in [3.05, 3.63) is 39.2 Å². The van der Waals surface area contributed by atoms with Crippen LogP contribution < -0.4 is 10.5 Å². The first-order chi connectivity index (χ1) is 9.08. The third-order valence-electron chi connectivity index (χ3n) is 3.75. The normalized spacial score (nSPS) is 14.3. The number of phenolic OH excluding ortho intramolecular Hbond substituents is 1. The number of quaternary nitrogens is 1. The molecule has 1 aromatic carbocycles. The Bertz CT molecular complexity index is 701. The second-order valence-electron chi connectivity index (χ2n) is 5.52. The Labute approximate surface area is 111 Å². The van der Waals surface area contributed by atoms with Crippen LogP contribution >= 0.6 is 0 Å². The van der Waals surface area contributed by atoms with E-state index in [1.54, 1.807) is 6.07 Å². The zero-order valence-electron chi connectivity index (χ0n) is 11.2. The maximum absolute atomic E-state index is 12.0. The van der Waals surface area contributed by atoms with Gasteiger partial charge in [0, 0.05) is 10.9 Å². The highest BCUT2D eigenvalue weighted by Gasteiger charge is 2.22. The smallest absolute Gasteiger partial charge is 0.339 e. The van der Waals surface area contributed by atoms with Gasteiger partial charge in [-0.1, -0.05) is 0 Å². The highest BCUT2D eigenvalue weighted by molar-refractivity contribution is 5.86. The molecule has 1 aromatic heterocycles. The van der Waals surface area contributed by atoms with Gasteiger partial charge in [-0.25, -0.2) is 4.79 Å². The van der Waals surface area contributed by atoms with Crippen LogP contribution in [-0.2, 0) is 19.4 Å². The minimum Gasteiger partial charge on any atom is -0.507 e. The van der Waals surface area contributed by atoms with Crippen molar-refractivity contribution in [1.82, 2.24) is 0 Å². The lowest BCUT2D eigenvalue weighted by molar-refractivity contribution is -0.872. The average Bonchev–Trinajstić information content (AvgIpc) is 2.83. The van der Waals surface area contributed by atoms with Gasteiger partial charge < -0.3 is 14.4 Å². The predicted molar refractivity (Wildman–Crippen MR) is 72.7 cm³/mol. The zero-order chi connectivity index (χ0) is 13.6. The van der Waals surface area contributed by atoms with Gasteiger partial charge in [-0.2, -0.15) is 0 Å². The van der Waals surface area contributed by atoms with Gasteiger partial charge in [0.2, 0.25) is 0 Å². The molecule has 2 aromatic rings. The Kier molecular flexibility index (Phi) is 2.82. The number of aryl methyl sites for hydroxylation is 1. The van der Waals surface area contributed by atoms with Gasteiger partial charge in [0.25, 0.3) is 0 Å². The molecule has 100 valence electrons. The molecule has 3 rings (SSSR count). The summed E-state index contributed by atoms with van der Waals surface area (Å²) in [6.07, 6.45) is 2.74. The molecule has 0 aliphatic heterocycles. The highest BCUT2D eigenvalue weighted by atomic mass is 16.4. The molecular formula is C15H18NO3+. The Hall–Kier alpha value is -1.81. The summed E-state index contributed by atoms with van der Waals surface area (Å²) in [7, 11) is 4.01. The molecule has 1 aliphatic carbocycles. The SMILES string of the molecule is C[NH+](C)Cc1c(O)ccc2c3c(c(=O)oc12)CCC3. The van der Waals surface area contributed by atoms with Crippen molar-refractivity contribution in [2.75, 3.05) is 14.1 Å². The fourth-order valence-electron chi connectivity index (χ4n) is 2.92. The van der Waals surface area contributed by atoms with E-state index in [9.17, 15) is 9.90 Å². The summed E-state index contributed by atoms with van der Waals surface area (Å²) in [5, 5.41) is 11.0. The monoisotopic (exact) mass is 260 g/mol. The Morgan fingerprint density at radius 1 is 1.26 bits per heavy atom. The molecule has 2 N–H and O–H groups in total. The Balaban J connectivity index is 2.35. The van der Waals surface area contributed by atoms with Crippen molar-refractivity contribution < 1.29 is 14.4 Å². The van der Waals surface area contributed by atoms with Crippen molar-refractivity contribution in [2.24, 2.45) is 0 Å². The minimum absolute atomic E-state index is 0.204. The average molecular weight is 260 g/mol. The summed E-state index contributed by atoms with van der Waals surface area (Å²) in [5.41, 5.74) is 2.99. The zero-order valence-corrected chi connectivity index (χ0v) is 11.2. The van der Waals surface area contributed by atoms with Crippen molar-refractivity contribution in [3.8, 4) is 5.75 Å². The molecule has 0 bridgehead atoms. The number of rotatable bonds is 2. The van der Waals surface area contributed by atoms with E-state index in [2.05, 4.69) is 0 Å². The topological polar surface area (TPSA) is 54.9 Å². The van der Waals surface area contributed by atoms with Crippen molar-refractivity contribution in [3.63, 3.8) is 0 Å². The quantitative estimate of drug-likeness (QED) is 0.779. The third kappa shape index (κ3) is 1.92. The molecule has 1 aliphatic rings. The summed E-state index contributed by atoms with van der Waals surface area (Å²) < 4.78 is 5.49. The summed E-state index contributed by atoms with van der Waals surface area (Å²) >= 11 is 0. The molecule has 19 heavy (non-hydrogen) atoms. The second kappa shape index (κ2) is 4.38. The molecule has 0 saturated heterocycles. The lowest BCUT2D eigenvalue weighted by Crippen LogP contribution is -3.04. The van der Waals surface area contributed by atoms with Crippen LogP contribution in [0.25, 0.3) is 11.0 Å². The van der Waals surface area contributed by atoms with Crippen LogP contribution in [-0.4, -0.2) is 19.2 Å². The van der Waals surface area contributed by atoms with E-state index in [-0.39, 0.29) is 11.4 Å². The molecule has 1 heterocycles. The van der Waals surface area contributed by atoms with Gasteiger partial charge in [-0.15, -0.1) is 0 Å². The van der Waals surface area contributed by atoms with E-state index < -0.39 is 0 Å². The molecular weight excluding hydrogens is 242 g/mol. The van der Waals surface area contributed by atoms with Crippen LogP contribution in [0.2, 0.25) is 0 Å². The maximum Gasteiger partial charge on any atom is 0.339 e. The van der Waals surface area contributed by atoms with Gasteiger partial charge in [-0.3, -0.25) is 0 Å². The fraction of sp³-hybridized carbons (Fsp3) is 0.400. The molecule has 0 amide bonds. The number of hydrogen-bond acceptors (Lipinski definition) is 3. The summed E-state index contributed by atoms with van der Waals surface area (Å²) in [6.45, 7) is 0.630. The van der Waals surface area contributed by atoms with E-state index in [4.69, 9.17) is 4.42 Å². The van der Waals surface area contributed by atoms with Crippen LogP contribution in [0.5, 0.6) is 5.75 Å². The van der Waals surface area contributed by atoms with Crippen molar-refractivity contribution >= 4 is 11.0 Å². The molecule has 0 fully saturated rings. The van der Waals surface area contributed by atoms with Crippen LogP contribution in [0.4, 0.5) is 0 Å². The molecule has 0 unspecified atom stereocenters. The van der Waals surface area contributed by atoms with Crippen LogP contribution in [0, 0.1) is 0 Å². The van der Waals surface area contributed by atoms with Gasteiger partial charge >= 0.3 is 5.63 Å². The van der Waals surface area contributed by atoms with E-state index in [0.29, 0.717) is 12.1 Å². The summed E-state index contributed by atoms with van der Waals surface area (Å²) in [6, 6.07) is 3.57. The standard InChI is InChI=1S/C15H17NO3/c1-16(2)8-12-13(17)7-6-10-9-4-3-5-11(9)15(18)19-14(10)12/h6-7,17H,3-5,8H2,1-2H3/p+1. The highest BCUT2D eigenvalue weighted by Crippen LogP contribution is 2.32. The number of hydrogen-bond donors (Lipinski definition) is 2. The molecule has 0 atom stereocenters. The largest absolute Gasteiger partial charge is 0.507 e. The molecule has 0 radical (unpaired) electrons. The van der Waals surface area contributed by atoms with Crippen molar-refractivity contribution in [1.29, 1.82) is 0 Å². The first kappa shape index (κ1) is 12.2. The number of aromatic hydroxyl groups is 1. The van der Waals surface area contributed by atoms with Gasteiger partial charge in [-0.05, 0) is 37.0 Å². The lowest BCUT2D eigenvalue weighted by Gasteiger charge is -2.12. The first-order valence-electron chi connectivity index (χ1n) is 6.66. The molecule has 0 saturated carbocycles.